The fraction of sp³-hybridized carbons (Fsp3) is 0.242. The van der Waals surface area contributed by atoms with Crippen molar-refractivity contribution in [3.63, 3.8) is 0 Å². The SMILES string of the molecule is COc1cc(-c2ccc(OS(C)(=O)=O)cc2)c(OC)c(NC(=O)OC(C)(C)C)c1-c1ccc(OCc2ccccc2)c(O)c1. The summed E-state index contributed by atoms with van der Waals surface area (Å²) in [5.74, 6) is 0.912. The van der Waals surface area contributed by atoms with E-state index in [2.05, 4.69) is 5.32 Å². The van der Waals surface area contributed by atoms with E-state index >= 15 is 0 Å². The number of amides is 1. The maximum atomic E-state index is 13.1. The molecule has 0 aliphatic rings. The number of nitrogens with one attached hydrogen (secondary N) is 1. The van der Waals surface area contributed by atoms with Crippen molar-refractivity contribution in [1.82, 2.24) is 0 Å². The van der Waals surface area contributed by atoms with Crippen LogP contribution in [-0.2, 0) is 21.5 Å². The number of carbonyl (C=O) groups is 1. The molecule has 0 spiro atoms. The van der Waals surface area contributed by atoms with E-state index in [1.165, 1.54) is 32.4 Å². The van der Waals surface area contributed by atoms with Gasteiger partial charge in [-0.1, -0.05) is 48.5 Å². The zero-order valence-electron chi connectivity index (χ0n) is 25.3. The van der Waals surface area contributed by atoms with Crippen molar-refractivity contribution in [3.8, 4) is 51.0 Å². The van der Waals surface area contributed by atoms with Gasteiger partial charge in [0.1, 0.15) is 23.7 Å². The molecule has 0 aliphatic heterocycles. The van der Waals surface area contributed by atoms with Crippen LogP contribution in [0.15, 0.2) is 78.9 Å². The predicted molar refractivity (Wildman–Crippen MR) is 168 cm³/mol. The Labute approximate surface area is 257 Å². The molecule has 0 radical (unpaired) electrons. The fourth-order valence-corrected chi connectivity index (χ4v) is 4.89. The monoisotopic (exact) mass is 621 g/mol. The smallest absolute Gasteiger partial charge is 0.412 e. The van der Waals surface area contributed by atoms with Crippen molar-refractivity contribution in [3.05, 3.63) is 84.4 Å². The first-order chi connectivity index (χ1) is 20.8. The molecule has 0 heterocycles. The normalized spacial score (nSPS) is 11.4. The summed E-state index contributed by atoms with van der Waals surface area (Å²) in [5, 5.41) is 13.7. The third kappa shape index (κ3) is 8.13. The molecule has 4 rings (SSSR count). The lowest BCUT2D eigenvalue weighted by atomic mass is 9.95. The number of hydrogen-bond donors (Lipinski definition) is 2. The minimum Gasteiger partial charge on any atom is -0.504 e. The maximum absolute atomic E-state index is 13.1. The summed E-state index contributed by atoms with van der Waals surface area (Å²) >= 11 is 0. The summed E-state index contributed by atoms with van der Waals surface area (Å²) < 4.78 is 51.1. The summed E-state index contributed by atoms with van der Waals surface area (Å²) in [6.45, 7) is 5.50. The molecule has 0 saturated carbocycles. The summed E-state index contributed by atoms with van der Waals surface area (Å²) in [4.78, 5) is 13.1. The van der Waals surface area contributed by atoms with Crippen molar-refractivity contribution in [2.24, 2.45) is 0 Å². The zero-order valence-corrected chi connectivity index (χ0v) is 26.2. The Morgan fingerprint density at radius 1 is 0.864 bits per heavy atom. The van der Waals surface area contributed by atoms with Gasteiger partial charge in [-0.2, -0.15) is 8.42 Å². The van der Waals surface area contributed by atoms with Crippen LogP contribution < -0.4 is 23.7 Å². The lowest BCUT2D eigenvalue weighted by molar-refractivity contribution is 0.0635. The zero-order chi connectivity index (χ0) is 32.1. The van der Waals surface area contributed by atoms with Crippen LogP contribution in [0.3, 0.4) is 0 Å². The van der Waals surface area contributed by atoms with Crippen LogP contribution in [0.1, 0.15) is 26.3 Å². The molecule has 1 amide bonds. The van der Waals surface area contributed by atoms with Crippen LogP contribution in [0, 0.1) is 0 Å². The van der Waals surface area contributed by atoms with Crippen LogP contribution >= 0.6 is 0 Å². The van der Waals surface area contributed by atoms with Gasteiger partial charge in [-0.15, -0.1) is 0 Å². The van der Waals surface area contributed by atoms with Crippen LogP contribution in [-0.4, -0.2) is 45.7 Å². The summed E-state index contributed by atoms with van der Waals surface area (Å²) in [5.41, 5.74) is 2.44. The van der Waals surface area contributed by atoms with Gasteiger partial charge in [0, 0.05) is 5.56 Å². The van der Waals surface area contributed by atoms with Crippen LogP contribution in [0.5, 0.6) is 28.7 Å². The second-order valence-electron chi connectivity index (χ2n) is 10.8. The number of rotatable bonds is 10. The van der Waals surface area contributed by atoms with Crippen molar-refractivity contribution in [2.45, 2.75) is 33.0 Å². The molecule has 0 aliphatic carbocycles. The Kier molecular flexibility index (Phi) is 9.59. The van der Waals surface area contributed by atoms with Gasteiger partial charge >= 0.3 is 16.2 Å². The molecule has 0 bridgehead atoms. The molecule has 2 N–H and O–H groups in total. The molecule has 0 unspecified atom stereocenters. The number of phenolic OH excluding ortho intramolecular Hbond substituents is 1. The number of carbonyl (C=O) groups excluding carboxylic acids is 1. The minimum absolute atomic E-state index is 0.117. The largest absolute Gasteiger partial charge is 0.504 e. The molecule has 44 heavy (non-hydrogen) atoms. The molecule has 10 nitrogen and oxygen atoms in total. The number of hydrogen-bond acceptors (Lipinski definition) is 9. The van der Waals surface area contributed by atoms with Gasteiger partial charge in [0.05, 0.1) is 31.7 Å². The van der Waals surface area contributed by atoms with Crippen molar-refractivity contribution in [2.75, 3.05) is 25.8 Å². The van der Waals surface area contributed by atoms with E-state index < -0.39 is 21.8 Å². The first kappa shape index (κ1) is 32.0. The molecule has 4 aromatic rings. The van der Waals surface area contributed by atoms with E-state index in [0.29, 0.717) is 28.0 Å². The molecular weight excluding hydrogens is 586 g/mol. The van der Waals surface area contributed by atoms with E-state index in [4.69, 9.17) is 23.1 Å². The number of methoxy groups -OCH3 is 2. The van der Waals surface area contributed by atoms with Gasteiger partial charge in [-0.05, 0) is 67.8 Å². The van der Waals surface area contributed by atoms with E-state index in [0.717, 1.165) is 11.8 Å². The molecule has 0 aromatic heterocycles. The topological polar surface area (TPSA) is 130 Å². The number of phenols is 1. The van der Waals surface area contributed by atoms with Crippen molar-refractivity contribution >= 4 is 21.9 Å². The second kappa shape index (κ2) is 13.2. The van der Waals surface area contributed by atoms with Crippen molar-refractivity contribution < 1.29 is 41.4 Å². The summed E-state index contributed by atoms with van der Waals surface area (Å²) in [6.07, 6.45) is 0.224. The minimum atomic E-state index is -3.71. The van der Waals surface area contributed by atoms with Gasteiger partial charge in [-0.25, -0.2) is 4.79 Å². The van der Waals surface area contributed by atoms with Gasteiger partial charge < -0.3 is 28.2 Å². The Morgan fingerprint density at radius 2 is 1.52 bits per heavy atom. The quantitative estimate of drug-likeness (QED) is 0.180. The maximum Gasteiger partial charge on any atom is 0.412 e. The first-order valence-corrected chi connectivity index (χ1v) is 15.4. The first-order valence-electron chi connectivity index (χ1n) is 13.6. The number of ether oxygens (including phenoxy) is 4. The van der Waals surface area contributed by atoms with E-state index in [-0.39, 0.29) is 35.3 Å². The standard InChI is InChI=1S/C33H35NO9S/c1-33(2,3)42-32(36)34-30-29(23-14-17-27(26(35)18-23)41-20-21-10-8-7-9-11-21)28(39-4)19-25(31(30)40-5)22-12-15-24(16-13-22)43-44(6,37)38/h7-19,35H,20H2,1-6H3,(H,34,36). The average molecular weight is 622 g/mol. The highest BCUT2D eigenvalue weighted by Gasteiger charge is 2.26. The number of anilines is 1. The molecule has 0 atom stereocenters. The van der Waals surface area contributed by atoms with E-state index in [9.17, 15) is 18.3 Å². The fourth-order valence-electron chi connectivity index (χ4n) is 4.43. The highest BCUT2D eigenvalue weighted by atomic mass is 32.2. The molecule has 0 fully saturated rings. The Bertz CT molecular complexity index is 1730. The van der Waals surface area contributed by atoms with E-state index in [1.54, 1.807) is 51.1 Å². The highest BCUT2D eigenvalue weighted by Crippen LogP contribution is 2.50. The Balaban J connectivity index is 1.83. The van der Waals surface area contributed by atoms with Gasteiger partial charge in [-0.3, -0.25) is 5.32 Å². The molecule has 11 heteroatoms. The van der Waals surface area contributed by atoms with Crippen LogP contribution in [0.4, 0.5) is 10.5 Å². The lowest BCUT2D eigenvalue weighted by Crippen LogP contribution is -2.27. The molecule has 4 aromatic carbocycles. The Morgan fingerprint density at radius 3 is 2.09 bits per heavy atom. The number of aromatic hydroxyl groups is 1. The van der Waals surface area contributed by atoms with E-state index in [1.807, 2.05) is 30.3 Å². The van der Waals surface area contributed by atoms with Gasteiger partial charge in [0.15, 0.2) is 17.2 Å². The second-order valence-corrected chi connectivity index (χ2v) is 12.4. The average Bonchev–Trinajstić information content (AvgIpc) is 2.95. The third-order valence-corrected chi connectivity index (χ3v) is 6.69. The molecule has 0 saturated heterocycles. The number of benzene rings is 4. The molecular formula is C33H35NO9S. The van der Waals surface area contributed by atoms with Crippen LogP contribution in [0.2, 0.25) is 0 Å². The van der Waals surface area contributed by atoms with Crippen molar-refractivity contribution in [1.29, 1.82) is 0 Å². The Hall–Kier alpha value is -4.90. The molecule has 232 valence electrons. The van der Waals surface area contributed by atoms with Crippen LogP contribution in [0.25, 0.3) is 22.3 Å². The van der Waals surface area contributed by atoms with Gasteiger partial charge in [0.2, 0.25) is 0 Å². The predicted octanol–water partition coefficient (Wildman–Crippen LogP) is 7.01. The summed E-state index contributed by atoms with van der Waals surface area (Å²) in [7, 11) is -0.778. The van der Waals surface area contributed by atoms with Gasteiger partial charge in [0.25, 0.3) is 0 Å². The lowest BCUT2D eigenvalue weighted by Gasteiger charge is -2.24. The third-order valence-electron chi connectivity index (χ3n) is 6.19. The summed E-state index contributed by atoms with van der Waals surface area (Å²) in [6, 6.07) is 22.5. The highest BCUT2D eigenvalue weighted by molar-refractivity contribution is 7.86.